The van der Waals surface area contributed by atoms with Gasteiger partial charge in [0.2, 0.25) is 0 Å². The van der Waals surface area contributed by atoms with Crippen molar-refractivity contribution < 1.29 is 9.53 Å². The summed E-state index contributed by atoms with van der Waals surface area (Å²) in [5, 5.41) is 3.68. The second-order valence-corrected chi connectivity index (χ2v) is 9.87. The Morgan fingerprint density at radius 3 is 2.45 bits per heavy atom. The standard InChI is InChI=1S/C22H28Cl2N4O3/c1-14-25-17(13-18(29)28(14)16-8-6-7-15(23)19(16)24)27-11-9-22(5,10-12-27)26-20(30)31-21(2,3)4/h6-8,13H,9-12H2,1-5H3,(H,26,30). The van der Waals surface area contributed by atoms with Crippen LogP contribution in [0.5, 0.6) is 0 Å². The third-order valence-corrected chi connectivity index (χ3v) is 6.05. The topological polar surface area (TPSA) is 76.5 Å². The van der Waals surface area contributed by atoms with E-state index in [0.29, 0.717) is 53.3 Å². The summed E-state index contributed by atoms with van der Waals surface area (Å²) in [6.45, 7) is 10.6. The number of carbonyl (C=O) groups excluding carboxylic acids is 1. The Morgan fingerprint density at radius 1 is 1.23 bits per heavy atom. The largest absolute Gasteiger partial charge is 0.444 e. The Bertz CT molecular complexity index is 1040. The second kappa shape index (κ2) is 8.71. The number of benzene rings is 1. The average Bonchev–Trinajstić information content (AvgIpc) is 2.63. The Labute approximate surface area is 192 Å². The molecule has 7 nitrogen and oxygen atoms in total. The lowest BCUT2D eigenvalue weighted by atomic mass is 9.90. The number of aryl methyl sites for hydroxylation is 1. The molecule has 0 atom stereocenters. The highest BCUT2D eigenvalue weighted by molar-refractivity contribution is 6.43. The number of anilines is 1. The Balaban J connectivity index is 1.75. The van der Waals surface area contributed by atoms with Crippen molar-refractivity contribution in [2.24, 2.45) is 0 Å². The summed E-state index contributed by atoms with van der Waals surface area (Å²) >= 11 is 12.4. The lowest BCUT2D eigenvalue weighted by molar-refractivity contribution is 0.0448. The SMILES string of the molecule is Cc1nc(N2CCC(C)(NC(=O)OC(C)(C)C)CC2)cc(=O)n1-c1cccc(Cl)c1Cl. The molecule has 1 aromatic carbocycles. The molecule has 1 saturated heterocycles. The van der Waals surface area contributed by atoms with E-state index >= 15 is 0 Å². The van der Waals surface area contributed by atoms with Crippen LogP contribution in [-0.2, 0) is 4.74 Å². The molecular weight excluding hydrogens is 439 g/mol. The number of halogens is 2. The first-order chi connectivity index (χ1) is 14.4. The molecule has 31 heavy (non-hydrogen) atoms. The van der Waals surface area contributed by atoms with Gasteiger partial charge in [0.25, 0.3) is 5.56 Å². The molecule has 3 rings (SSSR count). The van der Waals surface area contributed by atoms with Crippen LogP contribution in [0.25, 0.3) is 5.69 Å². The number of nitrogens with one attached hydrogen (secondary N) is 1. The van der Waals surface area contributed by atoms with Gasteiger partial charge in [-0.2, -0.15) is 0 Å². The van der Waals surface area contributed by atoms with Crippen molar-refractivity contribution in [3.63, 3.8) is 0 Å². The highest BCUT2D eigenvalue weighted by Crippen LogP contribution is 2.29. The van der Waals surface area contributed by atoms with E-state index in [0.717, 1.165) is 0 Å². The third-order valence-electron chi connectivity index (χ3n) is 5.24. The fourth-order valence-corrected chi connectivity index (χ4v) is 3.99. The van der Waals surface area contributed by atoms with Crippen LogP contribution in [0.3, 0.4) is 0 Å². The zero-order valence-electron chi connectivity index (χ0n) is 18.5. The van der Waals surface area contributed by atoms with E-state index in [-0.39, 0.29) is 11.1 Å². The van der Waals surface area contributed by atoms with Crippen molar-refractivity contribution in [1.82, 2.24) is 14.9 Å². The van der Waals surface area contributed by atoms with Gasteiger partial charge in [0.1, 0.15) is 17.2 Å². The molecule has 1 aliphatic rings. The maximum absolute atomic E-state index is 12.9. The van der Waals surface area contributed by atoms with Gasteiger partial charge >= 0.3 is 6.09 Å². The van der Waals surface area contributed by atoms with Crippen molar-refractivity contribution in [3.8, 4) is 5.69 Å². The number of carbonyl (C=O) groups is 1. The van der Waals surface area contributed by atoms with Crippen molar-refractivity contribution in [2.45, 2.75) is 58.6 Å². The Kier molecular flexibility index (Phi) is 6.58. The normalized spacial score (nSPS) is 16.2. The molecular formula is C22H28Cl2N4O3. The van der Waals surface area contributed by atoms with Gasteiger partial charge in [0.15, 0.2) is 0 Å². The van der Waals surface area contributed by atoms with E-state index in [1.807, 2.05) is 27.7 Å². The zero-order chi connectivity index (χ0) is 23.0. The summed E-state index contributed by atoms with van der Waals surface area (Å²) < 4.78 is 6.84. The molecule has 0 radical (unpaired) electrons. The minimum absolute atomic E-state index is 0.230. The van der Waals surface area contributed by atoms with E-state index in [2.05, 4.69) is 15.2 Å². The first-order valence-electron chi connectivity index (χ1n) is 10.2. The predicted octanol–water partition coefficient (Wildman–Crippen LogP) is 4.73. The molecule has 1 N–H and O–H groups in total. The first-order valence-corrected chi connectivity index (χ1v) is 11.0. The second-order valence-electron chi connectivity index (χ2n) is 9.08. The lowest BCUT2D eigenvalue weighted by Crippen LogP contribution is -2.54. The lowest BCUT2D eigenvalue weighted by Gasteiger charge is -2.40. The predicted molar refractivity (Wildman–Crippen MR) is 124 cm³/mol. The molecule has 1 aliphatic heterocycles. The van der Waals surface area contributed by atoms with Crippen LogP contribution in [0.15, 0.2) is 29.1 Å². The molecule has 1 amide bonds. The molecule has 2 aromatic rings. The van der Waals surface area contributed by atoms with Gasteiger partial charge in [0.05, 0.1) is 15.7 Å². The van der Waals surface area contributed by atoms with E-state index in [1.165, 1.54) is 10.6 Å². The fourth-order valence-electron chi connectivity index (χ4n) is 3.61. The van der Waals surface area contributed by atoms with Crippen LogP contribution >= 0.6 is 23.2 Å². The van der Waals surface area contributed by atoms with Gasteiger partial charge in [0, 0.05) is 24.7 Å². The van der Waals surface area contributed by atoms with Crippen molar-refractivity contribution in [2.75, 3.05) is 18.0 Å². The van der Waals surface area contributed by atoms with Crippen molar-refractivity contribution >= 4 is 35.1 Å². The van der Waals surface area contributed by atoms with Crippen LogP contribution in [0.1, 0.15) is 46.4 Å². The minimum atomic E-state index is -0.543. The maximum Gasteiger partial charge on any atom is 0.408 e. The summed E-state index contributed by atoms with van der Waals surface area (Å²) in [5.74, 6) is 1.13. The Morgan fingerprint density at radius 2 is 1.87 bits per heavy atom. The molecule has 0 unspecified atom stereocenters. The molecule has 168 valence electrons. The van der Waals surface area contributed by atoms with Crippen LogP contribution in [0.4, 0.5) is 10.6 Å². The monoisotopic (exact) mass is 466 g/mol. The van der Waals surface area contributed by atoms with E-state index < -0.39 is 11.7 Å². The molecule has 1 fully saturated rings. The Hall–Kier alpha value is -2.25. The molecule has 0 saturated carbocycles. The zero-order valence-corrected chi connectivity index (χ0v) is 20.0. The maximum atomic E-state index is 12.9. The van der Waals surface area contributed by atoms with Gasteiger partial charge in [-0.25, -0.2) is 9.78 Å². The number of ether oxygens (including phenoxy) is 1. The molecule has 0 aliphatic carbocycles. The van der Waals surface area contributed by atoms with Crippen molar-refractivity contribution in [1.29, 1.82) is 0 Å². The number of hydrogen-bond donors (Lipinski definition) is 1. The molecule has 9 heteroatoms. The van der Waals surface area contributed by atoms with Crippen LogP contribution in [-0.4, -0.2) is 39.9 Å². The van der Waals surface area contributed by atoms with Gasteiger partial charge in [-0.3, -0.25) is 9.36 Å². The summed E-state index contributed by atoms with van der Waals surface area (Å²) in [7, 11) is 0. The van der Waals surface area contributed by atoms with E-state index in [9.17, 15) is 9.59 Å². The number of piperidine rings is 1. The quantitative estimate of drug-likeness (QED) is 0.706. The summed E-state index contributed by atoms with van der Waals surface area (Å²) in [6.07, 6.45) is 0.991. The molecule has 1 aromatic heterocycles. The van der Waals surface area contributed by atoms with Gasteiger partial charge in [-0.15, -0.1) is 0 Å². The van der Waals surface area contributed by atoms with E-state index in [4.69, 9.17) is 27.9 Å². The van der Waals surface area contributed by atoms with Crippen molar-refractivity contribution in [3.05, 3.63) is 50.5 Å². The summed E-state index contributed by atoms with van der Waals surface area (Å²) in [5.41, 5.74) is -0.648. The number of aromatic nitrogens is 2. The summed E-state index contributed by atoms with van der Waals surface area (Å²) in [4.78, 5) is 31.8. The highest BCUT2D eigenvalue weighted by atomic mass is 35.5. The van der Waals surface area contributed by atoms with Gasteiger partial charge in [-0.05, 0) is 59.6 Å². The summed E-state index contributed by atoms with van der Waals surface area (Å²) in [6, 6.07) is 6.66. The van der Waals surface area contributed by atoms with Crippen LogP contribution in [0, 0.1) is 6.92 Å². The first kappa shape index (κ1) is 23.4. The number of hydrogen-bond acceptors (Lipinski definition) is 5. The number of nitrogens with zero attached hydrogens (tertiary/aromatic N) is 3. The van der Waals surface area contributed by atoms with Crippen LogP contribution in [0.2, 0.25) is 10.0 Å². The fraction of sp³-hybridized carbons (Fsp3) is 0.500. The smallest absolute Gasteiger partial charge is 0.408 e. The van der Waals surface area contributed by atoms with Gasteiger partial charge in [-0.1, -0.05) is 29.3 Å². The molecule has 0 bridgehead atoms. The third kappa shape index (κ3) is 5.52. The highest BCUT2D eigenvalue weighted by Gasteiger charge is 2.33. The van der Waals surface area contributed by atoms with E-state index in [1.54, 1.807) is 25.1 Å². The molecule has 2 heterocycles. The molecule has 0 spiro atoms. The minimum Gasteiger partial charge on any atom is -0.444 e. The average molecular weight is 467 g/mol. The number of alkyl carbamates (subject to hydrolysis) is 1. The number of amides is 1. The number of rotatable bonds is 3. The van der Waals surface area contributed by atoms with Gasteiger partial charge < -0.3 is 15.0 Å². The van der Waals surface area contributed by atoms with Crippen LogP contribution < -0.4 is 15.8 Å².